The van der Waals surface area contributed by atoms with Crippen LogP contribution in [-0.4, -0.2) is 23.9 Å². The molecule has 4 nitrogen and oxygen atoms in total. The van der Waals surface area contributed by atoms with Crippen LogP contribution in [0.1, 0.15) is 30.6 Å². The van der Waals surface area contributed by atoms with Crippen LogP contribution < -0.4 is 5.32 Å². The topological polar surface area (TPSA) is 55.4 Å². The normalized spacial score (nSPS) is 11.7. The molecule has 1 rings (SSSR count). The zero-order valence-corrected chi connectivity index (χ0v) is 11.2. The lowest BCUT2D eigenvalue weighted by Gasteiger charge is -2.07. The van der Waals surface area contributed by atoms with Crippen LogP contribution in [0.15, 0.2) is 24.3 Å². The second-order valence-corrected chi connectivity index (χ2v) is 4.47. The molecule has 5 heteroatoms. The lowest BCUT2D eigenvalue weighted by atomic mass is 10.2. The highest BCUT2D eigenvalue weighted by molar-refractivity contribution is 6.32. The molecule has 1 aromatic carbocycles. The minimum atomic E-state index is -0.598. The number of rotatable bonds is 5. The van der Waals surface area contributed by atoms with Gasteiger partial charge in [-0.1, -0.05) is 6.92 Å². The number of carbonyl (C=O) groups is 2. The average molecular weight is 270 g/mol. The predicted octanol–water partition coefficient (Wildman–Crippen LogP) is 2.82. The van der Waals surface area contributed by atoms with E-state index in [1.807, 2.05) is 6.92 Å². The van der Waals surface area contributed by atoms with Crippen molar-refractivity contribution in [3.8, 4) is 0 Å². The van der Waals surface area contributed by atoms with Gasteiger partial charge in [0.25, 0.3) is 0 Å². The maximum absolute atomic E-state index is 11.5. The van der Waals surface area contributed by atoms with Crippen LogP contribution in [0.25, 0.3) is 0 Å². The van der Waals surface area contributed by atoms with Gasteiger partial charge in [-0.25, -0.2) is 4.79 Å². The number of alkyl halides is 1. The van der Waals surface area contributed by atoms with Crippen LogP contribution >= 0.6 is 11.6 Å². The molecular weight excluding hydrogens is 254 g/mol. The summed E-state index contributed by atoms with van der Waals surface area (Å²) in [4.78, 5) is 22.9. The average Bonchev–Trinajstić information content (AvgIpc) is 2.36. The molecule has 1 N–H and O–H groups in total. The van der Waals surface area contributed by atoms with E-state index in [0.717, 1.165) is 6.42 Å². The van der Waals surface area contributed by atoms with Gasteiger partial charge in [0.2, 0.25) is 5.91 Å². The van der Waals surface area contributed by atoms with Crippen molar-refractivity contribution < 1.29 is 14.3 Å². The summed E-state index contributed by atoms with van der Waals surface area (Å²) in [6, 6.07) is 6.48. The Hall–Kier alpha value is -1.55. The first-order valence-corrected chi connectivity index (χ1v) is 6.20. The van der Waals surface area contributed by atoms with Gasteiger partial charge >= 0.3 is 5.97 Å². The molecule has 0 heterocycles. The first-order valence-electron chi connectivity index (χ1n) is 5.76. The van der Waals surface area contributed by atoms with Crippen molar-refractivity contribution in [1.82, 2.24) is 0 Å². The summed E-state index contributed by atoms with van der Waals surface area (Å²) in [5.41, 5.74) is 1.06. The second-order valence-electron chi connectivity index (χ2n) is 3.82. The number of ether oxygens (including phenoxy) is 1. The molecule has 0 saturated carbocycles. The molecule has 98 valence electrons. The first-order chi connectivity index (χ1) is 8.54. The molecule has 0 aliphatic heterocycles. The SMILES string of the molecule is CCCOC(=O)c1ccc(NC(=O)[C@H](C)Cl)cc1. The van der Waals surface area contributed by atoms with E-state index in [9.17, 15) is 9.59 Å². The minimum absolute atomic E-state index is 0.280. The Morgan fingerprint density at radius 1 is 1.33 bits per heavy atom. The van der Waals surface area contributed by atoms with Crippen molar-refractivity contribution in [3.63, 3.8) is 0 Å². The maximum atomic E-state index is 11.5. The van der Waals surface area contributed by atoms with Crippen LogP contribution in [0.3, 0.4) is 0 Å². The lowest BCUT2D eigenvalue weighted by Crippen LogP contribution is -2.20. The Morgan fingerprint density at radius 2 is 1.94 bits per heavy atom. The van der Waals surface area contributed by atoms with E-state index >= 15 is 0 Å². The molecule has 0 spiro atoms. The number of esters is 1. The second kappa shape index (κ2) is 7.01. The lowest BCUT2D eigenvalue weighted by molar-refractivity contribution is -0.115. The molecule has 0 saturated heterocycles. The number of carbonyl (C=O) groups excluding carboxylic acids is 2. The summed E-state index contributed by atoms with van der Waals surface area (Å²) in [5.74, 6) is -0.640. The third kappa shape index (κ3) is 4.37. The van der Waals surface area contributed by atoms with Gasteiger partial charge in [-0.2, -0.15) is 0 Å². The fourth-order valence-electron chi connectivity index (χ4n) is 1.21. The van der Waals surface area contributed by atoms with Crippen molar-refractivity contribution in [1.29, 1.82) is 0 Å². The maximum Gasteiger partial charge on any atom is 0.338 e. The van der Waals surface area contributed by atoms with Crippen LogP contribution in [0.4, 0.5) is 5.69 Å². The van der Waals surface area contributed by atoms with Gasteiger partial charge in [0, 0.05) is 5.69 Å². The number of anilines is 1. The number of hydrogen-bond donors (Lipinski definition) is 1. The van der Waals surface area contributed by atoms with E-state index in [2.05, 4.69) is 5.32 Å². The van der Waals surface area contributed by atoms with Gasteiger partial charge in [0.05, 0.1) is 12.2 Å². The Labute approximate surface area is 111 Å². The molecule has 0 aliphatic carbocycles. The summed E-state index contributed by atoms with van der Waals surface area (Å²) in [6.07, 6.45) is 0.785. The van der Waals surface area contributed by atoms with Gasteiger partial charge in [0.15, 0.2) is 0 Å². The highest BCUT2D eigenvalue weighted by Gasteiger charge is 2.10. The van der Waals surface area contributed by atoms with Gasteiger partial charge in [-0.15, -0.1) is 11.6 Å². The molecule has 0 fully saturated rings. The van der Waals surface area contributed by atoms with Gasteiger partial charge in [-0.05, 0) is 37.6 Å². The standard InChI is InChI=1S/C13H16ClNO3/c1-3-8-18-13(17)10-4-6-11(7-5-10)15-12(16)9(2)14/h4-7,9H,3,8H2,1-2H3,(H,15,16)/t9-/m0/s1. The Morgan fingerprint density at radius 3 is 2.44 bits per heavy atom. The van der Waals surface area contributed by atoms with Crippen molar-refractivity contribution in [2.75, 3.05) is 11.9 Å². The monoisotopic (exact) mass is 269 g/mol. The molecular formula is C13H16ClNO3. The summed E-state index contributed by atoms with van der Waals surface area (Å²) in [5, 5.41) is 2.03. The van der Waals surface area contributed by atoms with Gasteiger partial charge < -0.3 is 10.1 Å². The number of nitrogens with one attached hydrogen (secondary N) is 1. The molecule has 18 heavy (non-hydrogen) atoms. The molecule has 0 aromatic heterocycles. The third-order valence-corrected chi connectivity index (χ3v) is 2.38. The fourth-order valence-corrected chi connectivity index (χ4v) is 1.26. The Kier molecular flexibility index (Phi) is 5.65. The van der Waals surface area contributed by atoms with E-state index in [1.54, 1.807) is 31.2 Å². The predicted molar refractivity (Wildman–Crippen MR) is 71.0 cm³/mol. The van der Waals surface area contributed by atoms with Crippen LogP contribution in [0.2, 0.25) is 0 Å². The van der Waals surface area contributed by atoms with Crippen LogP contribution in [0.5, 0.6) is 0 Å². The first kappa shape index (κ1) is 14.5. The largest absolute Gasteiger partial charge is 0.462 e. The molecule has 1 atom stereocenters. The molecule has 0 unspecified atom stereocenters. The Balaban J connectivity index is 2.62. The molecule has 0 radical (unpaired) electrons. The highest BCUT2D eigenvalue weighted by atomic mass is 35.5. The summed E-state index contributed by atoms with van der Waals surface area (Å²) < 4.78 is 4.99. The van der Waals surface area contributed by atoms with Gasteiger partial charge in [0.1, 0.15) is 5.38 Å². The summed E-state index contributed by atoms with van der Waals surface area (Å²) in [6.45, 7) is 3.92. The van der Waals surface area contributed by atoms with E-state index in [4.69, 9.17) is 16.3 Å². The summed E-state index contributed by atoms with van der Waals surface area (Å²) >= 11 is 5.63. The van der Waals surface area contributed by atoms with Crippen molar-refractivity contribution in [3.05, 3.63) is 29.8 Å². The number of amides is 1. The number of benzene rings is 1. The van der Waals surface area contributed by atoms with Crippen LogP contribution in [0, 0.1) is 0 Å². The van der Waals surface area contributed by atoms with Crippen molar-refractivity contribution >= 4 is 29.2 Å². The molecule has 0 bridgehead atoms. The molecule has 1 amide bonds. The quantitative estimate of drug-likeness (QED) is 0.661. The Bertz CT molecular complexity index is 415. The number of halogens is 1. The van der Waals surface area contributed by atoms with E-state index < -0.39 is 5.38 Å². The van der Waals surface area contributed by atoms with Gasteiger partial charge in [-0.3, -0.25) is 4.79 Å². The smallest absolute Gasteiger partial charge is 0.338 e. The van der Waals surface area contributed by atoms with E-state index in [0.29, 0.717) is 17.9 Å². The van der Waals surface area contributed by atoms with Crippen LogP contribution in [-0.2, 0) is 9.53 Å². The zero-order valence-electron chi connectivity index (χ0n) is 10.4. The summed E-state index contributed by atoms with van der Waals surface area (Å²) in [7, 11) is 0. The molecule has 0 aliphatic rings. The highest BCUT2D eigenvalue weighted by Crippen LogP contribution is 2.11. The van der Waals surface area contributed by atoms with Crippen molar-refractivity contribution in [2.24, 2.45) is 0 Å². The third-order valence-electron chi connectivity index (χ3n) is 2.19. The van der Waals surface area contributed by atoms with E-state index in [-0.39, 0.29) is 11.9 Å². The van der Waals surface area contributed by atoms with E-state index in [1.165, 1.54) is 0 Å². The fraction of sp³-hybridized carbons (Fsp3) is 0.385. The van der Waals surface area contributed by atoms with Crippen molar-refractivity contribution in [2.45, 2.75) is 25.6 Å². The minimum Gasteiger partial charge on any atom is -0.462 e. The zero-order chi connectivity index (χ0) is 13.5. The molecule has 1 aromatic rings. The number of hydrogen-bond acceptors (Lipinski definition) is 3.